The van der Waals surface area contributed by atoms with Crippen LogP contribution >= 0.6 is 0 Å². The van der Waals surface area contributed by atoms with Crippen molar-refractivity contribution in [3.63, 3.8) is 0 Å². The Labute approximate surface area is 194 Å². The molecule has 0 aliphatic carbocycles. The van der Waals surface area contributed by atoms with Gasteiger partial charge in [0.2, 0.25) is 11.8 Å². The van der Waals surface area contributed by atoms with Gasteiger partial charge in [0, 0.05) is 32.1 Å². The van der Waals surface area contributed by atoms with Gasteiger partial charge in [0.1, 0.15) is 11.9 Å². The lowest BCUT2D eigenvalue weighted by Gasteiger charge is -2.40. The van der Waals surface area contributed by atoms with E-state index in [1.165, 1.54) is 29.8 Å². The number of hydrogen-bond donors (Lipinski definition) is 0. The van der Waals surface area contributed by atoms with E-state index in [1.807, 2.05) is 25.1 Å². The number of nitrogens with zero attached hydrogens (tertiary/aromatic N) is 3. The second-order valence-corrected chi connectivity index (χ2v) is 8.81. The summed E-state index contributed by atoms with van der Waals surface area (Å²) in [5.74, 6) is -1.27. The first-order valence-electron chi connectivity index (χ1n) is 11.7. The molecule has 1 unspecified atom stereocenters. The molecule has 6 nitrogen and oxygen atoms in total. The van der Waals surface area contributed by atoms with Gasteiger partial charge in [-0.15, -0.1) is 0 Å². The lowest BCUT2D eigenvalue weighted by Crippen LogP contribution is -2.54. The van der Waals surface area contributed by atoms with E-state index in [2.05, 4.69) is 17.0 Å². The average Bonchev–Trinajstić information content (AvgIpc) is 3.10. The Morgan fingerprint density at radius 2 is 1.70 bits per heavy atom. The number of piperidine rings is 1. The molecule has 2 aliphatic heterocycles. The molecule has 2 saturated heterocycles. The average molecular weight is 452 g/mol. The Kier molecular flexibility index (Phi) is 7.18. The summed E-state index contributed by atoms with van der Waals surface area (Å²) in [6.07, 6.45) is 2.51. The van der Waals surface area contributed by atoms with E-state index in [-0.39, 0.29) is 24.3 Å². The summed E-state index contributed by atoms with van der Waals surface area (Å²) in [6.45, 7) is 4.44. The third kappa shape index (κ3) is 5.14. The van der Waals surface area contributed by atoms with Crippen LogP contribution in [0, 0.1) is 5.82 Å². The highest BCUT2D eigenvalue weighted by atomic mass is 19.1. The molecule has 0 radical (unpaired) electrons. The summed E-state index contributed by atoms with van der Waals surface area (Å²) in [5.41, 5.74) is 1.59. The van der Waals surface area contributed by atoms with Gasteiger partial charge >= 0.3 is 0 Å². The third-order valence-corrected chi connectivity index (χ3v) is 6.49. The summed E-state index contributed by atoms with van der Waals surface area (Å²) < 4.78 is 13.3. The lowest BCUT2D eigenvalue weighted by atomic mass is 9.99. The summed E-state index contributed by atoms with van der Waals surface area (Å²) in [6, 6.07) is 14.7. The van der Waals surface area contributed by atoms with Gasteiger partial charge in [-0.2, -0.15) is 0 Å². The van der Waals surface area contributed by atoms with Crippen LogP contribution in [0.15, 0.2) is 54.6 Å². The van der Waals surface area contributed by atoms with Crippen LogP contribution in [0.4, 0.5) is 10.1 Å². The van der Waals surface area contributed by atoms with Gasteiger partial charge in [-0.3, -0.25) is 19.3 Å². The van der Waals surface area contributed by atoms with Crippen LogP contribution in [-0.4, -0.2) is 52.7 Å². The van der Waals surface area contributed by atoms with Crippen molar-refractivity contribution in [3.8, 4) is 0 Å². The minimum atomic E-state index is -0.799. The molecule has 2 fully saturated rings. The summed E-state index contributed by atoms with van der Waals surface area (Å²) >= 11 is 0. The minimum Gasteiger partial charge on any atom is -0.327 e. The summed E-state index contributed by atoms with van der Waals surface area (Å²) in [5, 5.41) is 0. The SMILES string of the molecule is CCCC(=O)N(C1CCN(Cc2ccccc2)CC1)C1CC(=O)N(c2ccc(F)cc2)C1=O. The van der Waals surface area contributed by atoms with Crippen molar-refractivity contribution in [1.82, 2.24) is 9.80 Å². The van der Waals surface area contributed by atoms with Crippen LogP contribution in [0.25, 0.3) is 0 Å². The topological polar surface area (TPSA) is 60.9 Å². The number of anilines is 1. The number of likely N-dealkylation sites (tertiary alicyclic amines) is 1. The number of halogens is 1. The second kappa shape index (κ2) is 10.3. The molecule has 4 rings (SSSR count). The Bertz CT molecular complexity index is 988. The zero-order chi connectivity index (χ0) is 23.4. The number of amides is 3. The molecule has 1 atom stereocenters. The van der Waals surface area contributed by atoms with Crippen LogP contribution in [-0.2, 0) is 20.9 Å². The van der Waals surface area contributed by atoms with Gasteiger partial charge in [-0.25, -0.2) is 9.29 Å². The molecule has 0 spiro atoms. The highest BCUT2D eigenvalue weighted by molar-refractivity contribution is 6.23. The zero-order valence-corrected chi connectivity index (χ0v) is 19.0. The lowest BCUT2D eigenvalue weighted by molar-refractivity contribution is -0.142. The number of rotatable bonds is 7. The maximum Gasteiger partial charge on any atom is 0.257 e. The van der Waals surface area contributed by atoms with Crippen LogP contribution < -0.4 is 4.90 Å². The van der Waals surface area contributed by atoms with Crippen LogP contribution in [0.2, 0.25) is 0 Å². The van der Waals surface area contributed by atoms with Crippen LogP contribution in [0.3, 0.4) is 0 Å². The van der Waals surface area contributed by atoms with Crippen molar-refractivity contribution in [2.75, 3.05) is 18.0 Å². The quantitative estimate of drug-likeness (QED) is 0.602. The molecule has 2 aromatic rings. The first-order valence-corrected chi connectivity index (χ1v) is 11.7. The molecular weight excluding hydrogens is 421 g/mol. The molecule has 3 amide bonds. The summed E-state index contributed by atoms with van der Waals surface area (Å²) in [7, 11) is 0. The molecule has 174 valence electrons. The van der Waals surface area contributed by atoms with Crippen molar-refractivity contribution in [2.45, 2.75) is 57.7 Å². The van der Waals surface area contributed by atoms with Gasteiger partial charge in [-0.05, 0) is 49.1 Å². The molecule has 0 saturated carbocycles. The first kappa shape index (κ1) is 23.1. The van der Waals surface area contributed by atoms with Crippen molar-refractivity contribution in [2.24, 2.45) is 0 Å². The van der Waals surface area contributed by atoms with Crippen LogP contribution in [0.5, 0.6) is 0 Å². The number of imide groups is 1. The van der Waals surface area contributed by atoms with Gasteiger partial charge in [0.05, 0.1) is 12.1 Å². The van der Waals surface area contributed by atoms with Gasteiger partial charge in [-0.1, -0.05) is 37.3 Å². The maximum absolute atomic E-state index is 13.3. The van der Waals surface area contributed by atoms with E-state index < -0.39 is 17.8 Å². The van der Waals surface area contributed by atoms with E-state index in [0.29, 0.717) is 18.5 Å². The highest BCUT2D eigenvalue weighted by Crippen LogP contribution is 2.30. The molecule has 0 bridgehead atoms. The fraction of sp³-hybridized carbons (Fsp3) is 0.423. The molecule has 0 aromatic heterocycles. The van der Waals surface area contributed by atoms with E-state index >= 15 is 0 Å². The zero-order valence-electron chi connectivity index (χ0n) is 19.0. The second-order valence-electron chi connectivity index (χ2n) is 8.81. The molecule has 7 heteroatoms. The molecule has 2 aliphatic rings. The number of carbonyl (C=O) groups excluding carboxylic acids is 3. The predicted molar refractivity (Wildman–Crippen MR) is 124 cm³/mol. The van der Waals surface area contributed by atoms with E-state index in [0.717, 1.165) is 37.4 Å². The van der Waals surface area contributed by atoms with Crippen molar-refractivity contribution < 1.29 is 18.8 Å². The molecule has 33 heavy (non-hydrogen) atoms. The largest absolute Gasteiger partial charge is 0.327 e. The Balaban J connectivity index is 1.48. The Morgan fingerprint density at radius 3 is 2.33 bits per heavy atom. The fourth-order valence-corrected chi connectivity index (χ4v) is 4.87. The third-order valence-electron chi connectivity index (χ3n) is 6.49. The number of benzene rings is 2. The Hall–Kier alpha value is -3.06. The van der Waals surface area contributed by atoms with E-state index in [1.54, 1.807) is 4.90 Å². The maximum atomic E-state index is 13.3. The number of hydrogen-bond acceptors (Lipinski definition) is 4. The standard InChI is InChI=1S/C26H30FN3O3/c1-2-6-24(31)29(22-13-15-28(16-14-22)18-19-7-4-3-5-8-19)23-17-25(32)30(26(23)33)21-11-9-20(27)10-12-21/h3-5,7-12,22-23H,2,6,13-18H2,1H3. The van der Waals surface area contributed by atoms with Gasteiger partial charge in [0.15, 0.2) is 0 Å². The van der Waals surface area contributed by atoms with Crippen LogP contribution in [0.1, 0.15) is 44.6 Å². The first-order chi connectivity index (χ1) is 16.0. The Morgan fingerprint density at radius 1 is 1.03 bits per heavy atom. The highest BCUT2D eigenvalue weighted by Gasteiger charge is 2.46. The smallest absolute Gasteiger partial charge is 0.257 e. The fourth-order valence-electron chi connectivity index (χ4n) is 4.87. The number of carbonyl (C=O) groups is 3. The minimum absolute atomic E-state index is 0.0319. The van der Waals surface area contributed by atoms with E-state index in [4.69, 9.17) is 0 Å². The molecule has 2 aromatic carbocycles. The van der Waals surface area contributed by atoms with Crippen molar-refractivity contribution in [3.05, 3.63) is 66.0 Å². The molecule has 2 heterocycles. The molecule has 0 N–H and O–H groups in total. The van der Waals surface area contributed by atoms with Gasteiger partial charge < -0.3 is 4.90 Å². The summed E-state index contributed by atoms with van der Waals surface area (Å²) in [4.78, 5) is 44.3. The van der Waals surface area contributed by atoms with Crippen molar-refractivity contribution >= 4 is 23.4 Å². The van der Waals surface area contributed by atoms with Crippen molar-refractivity contribution in [1.29, 1.82) is 0 Å². The molecular formula is C26H30FN3O3. The monoisotopic (exact) mass is 451 g/mol. The predicted octanol–water partition coefficient (Wildman–Crippen LogP) is 3.75. The van der Waals surface area contributed by atoms with E-state index in [9.17, 15) is 18.8 Å². The van der Waals surface area contributed by atoms with Gasteiger partial charge in [0.25, 0.3) is 5.91 Å². The normalized spacial score (nSPS) is 19.8.